The van der Waals surface area contributed by atoms with Gasteiger partial charge in [0.2, 0.25) is 5.91 Å². The molecule has 1 N–H and O–H groups in total. The number of ether oxygens (including phenoxy) is 3. The minimum absolute atomic E-state index is 0.143. The fourth-order valence-electron chi connectivity index (χ4n) is 4.82. The second-order valence-electron chi connectivity index (χ2n) is 10.7. The number of anilines is 1. The highest BCUT2D eigenvalue weighted by atomic mass is 35.5. The van der Waals surface area contributed by atoms with Crippen LogP contribution in [0.2, 0.25) is 5.02 Å². The number of hydrogen-bond donors (Lipinski definition) is 1. The molecule has 4 rings (SSSR count). The minimum atomic E-state index is -0.966. The minimum Gasteiger partial charge on any atom is -0.494 e. The molecule has 0 spiro atoms. The lowest BCUT2D eigenvalue weighted by atomic mass is 10.0. The monoisotopic (exact) mass is 557 g/mol. The Kier molecular flexibility index (Phi) is 9.02. The number of benzene rings is 2. The van der Waals surface area contributed by atoms with Gasteiger partial charge in [-0.15, -0.1) is 0 Å². The van der Waals surface area contributed by atoms with Crippen LogP contribution in [0.5, 0.6) is 5.75 Å². The molecule has 0 bridgehead atoms. The van der Waals surface area contributed by atoms with Crippen molar-refractivity contribution < 1.29 is 28.6 Å². The first kappa shape index (κ1) is 28.7. The van der Waals surface area contributed by atoms with Crippen molar-refractivity contribution in [3.63, 3.8) is 0 Å². The first-order valence-corrected chi connectivity index (χ1v) is 13.6. The van der Waals surface area contributed by atoms with Gasteiger partial charge in [0.15, 0.2) is 0 Å². The third-order valence-corrected chi connectivity index (χ3v) is 6.77. The first-order valence-electron chi connectivity index (χ1n) is 13.2. The van der Waals surface area contributed by atoms with Crippen LogP contribution < -0.4 is 10.1 Å². The molecule has 3 amide bonds. The average Bonchev–Trinajstić information content (AvgIpc) is 3.28. The zero-order chi connectivity index (χ0) is 28.2. The van der Waals surface area contributed by atoms with Crippen LogP contribution >= 0.6 is 11.6 Å². The molecule has 2 aromatic rings. The molecule has 0 aromatic heterocycles. The zero-order valence-electron chi connectivity index (χ0n) is 22.8. The van der Waals surface area contributed by atoms with E-state index in [4.69, 9.17) is 25.8 Å². The van der Waals surface area contributed by atoms with Crippen molar-refractivity contribution in [1.29, 1.82) is 0 Å². The molecular weight excluding hydrogens is 522 g/mol. The summed E-state index contributed by atoms with van der Waals surface area (Å²) < 4.78 is 17.1. The van der Waals surface area contributed by atoms with Gasteiger partial charge in [-0.05, 0) is 76.1 Å². The molecule has 2 heterocycles. The second kappa shape index (κ2) is 12.3. The number of nitrogens with one attached hydrogen (secondary N) is 1. The van der Waals surface area contributed by atoms with Gasteiger partial charge in [-0.2, -0.15) is 0 Å². The third-order valence-electron chi connectivity index (χ3n) is 6.54. The van der Waals surface area contributed by atoms with E-state index in [0.717, 1.165) is 5.56 Å². The smallest absolute Gasteiger partial charge is 0.410 e. The number of fused-ring (bicyclic) bond motifs is 1. The van der Waals surface area contributed by atoms with Crippen molar-refractivity contribution in [3.8, 4) is 5.75 Å². The quantitative estimate of drug-likeness (QED) is 0.512. The number of rotatable bonds is 8. The molecule has 0 saturated carbocycles. The molecule has 2 aliphatic rings. The van der Waals surface area contributed by atoms with E-state index in [0.29, 0.717) is 42.6 Å². The van der Waals surface area contributed by atoms with Crippen molar-refractivity contribution >= 4 is 35.2 Å². The summed E-state index contributed by atoms with van der Waals surface area (Å²) in [7, 11) is 0. The average molecular weight is 558 g/mol. The molecule has 10 heteroatoms. The molecule has 3 atom stereocenters. The fourth-order valence-corrected chi connectivity index (χ4v) is 5.03. The van der Waals surface area contributed by atoms with Crippen LogP contribution in [0.3, 0.4) is 0 Å². The number of likely N-dealkylation sites (tertiary alicyclic amines) is 1. The van der Waals surface area contributed by atoms with Gasteiger partial charge in [0, 0.05) is 23.8 Å². The normalized spacial score (nSPS) is 20.9. The van der Waals surface area contributed by atoms with Gasteiger partial charge >= 0.3 is 6.09 Å². The Hall–Kier alpha value is -3.30. The number of nitrogens with zero attached hydrogens (tertiary/aromatic N) is 2. The van der Waals surface area contributed by atoms with E-state index in [9.17, 15) is 14.4 Å². The standard InChI is InChI=1S/C29H36ClN3O6/c1-5-37-22-11-9-21(10-12-22)31-26(34)16-24-27(35)33(14-13-19-7-6-8-20(30)15-19)23-17-32(18-25(23)38-24)28(36)39-29(2,3)4/h6-12,15,23-25H,5,13-14,16-18H2,1-4H3,(H,31,34). The summed E-state index contributed by atoms with van der Waals surface area (Å²) in [5.41, 5.74) is 0.944. The summed E-state index contributed by atoms with van der Waals surface area (Å²) in [4.78, 5) is 42.6. The molecule has 0 radical (unpaired) electrons. The Morgan fingerprint density at radius 2 is 1.87 bits per heavy atom. The number of hydrogen-bond acceptors (Lipinski definition) is 6. The molecular formula is C29H36ClN3O6. The van der Waals surface area contributed by atoms with E-state index < -0.39 is 23.9 Å². The van der Waals surface area contributed by atoms with Crippen LogP contribution in [0.15, 0.2) is 48.5 Å². The summed E-state index contributed by atoms with van der Waals surface area (Å²) in [6, 6.07) is 14.2. The van der Waals surface area contributed by atoms with Crippen molar-refractivity contribution in [3.05, 3.63) is 59.1 Å². The topological polar surface area (TPSA) is 97.4 Å². The van der Waals surface area contributed by atoms with Crippen LogP contribution in [0.25, 0.3) is 0 Å². The SMILES string of the molecule is CCOc1ccc(NC(=O)CC2OC3CN(C(=O)OC(C)(C)C)CC3N(CCc3cccc(Cl)c3)C2=O)cc1. The summed E-state index contributed by atoms with van der Waals surface area (Å²) in [5, 5.41) is 3.45. The first-order chi connectivity index (χ1) is 18.5. The number of halogens is 1. The van der Waals surface area contributed by atoms with Gasteiger partial charge in [-0.3, -0.25) is 9.59 Å². The largest absolute Gasteiger partial charge is 0.494 e. The van der Waals surface area contributed by atoms with E-state index in [2.05, 4.69) is 5.32 Å². The van der Waals surface area contributed by atoms with Crippen LogP contribution in [0.1, 0.15) is 39.7 Å². The zero-order valence-corrected chi connectivity index (χ0v) is 23.6. The number of carbonyl (C=O) groups is 3. The van der Waals surface area contributed by atoms with Gasteiger partial charge in [-0.1, -0.05) is 23.7 Å². The molecule has 2 saturated heterocycles. The highest BCUT2D eigenvalue weighted by Crippen LogP contribution is 2.29. The van der Waals surface area contributed by atoms with Crippen molar-refractivity contribution in [2.45, 2.75) is 64.4 Å². The Morgan fingerprint density at radius 3 is 2.54 bits per heavy atom. The van der Waals surface area contributed by atoms with Gasteiger partial charge < -0.3 is 29.3 Å². The van der Waals surface area contributed by atoms with Crippen molar-refractivity contribution in [1.82, 2.24) is 9.80 Å². The van der Waals surface area contributed by atoms with E-state index in [1.54, 1.807) is 40.1 Å². The molecule has 3 unspecified atom stereocenters. The maximum Gasteiger partial charge on any atom is 0.410 e. The van der Waals surface area contributed by atoms with E-state index >= 15 is 0 Å². The Bertz CT molecular complexity index is 1180. The molecule has 2 aromatic carbocycles. The Labute approximate surface area is 234 Å². The number of morpholine rings is 1. The summed E-state index contributed by atoms with van der Waals surface area (Å²) in [6.07, 6.45) is -1.42. The predicted octanol–water partition coefficient (Wildman–Crippen LogP) is 4.53. The lowest BCUT2D eigenvalue weighted by Crippen LogP contribution is -2.59. The molecule has 9 nitrogen and oxygen atoms in total. The Balaban J connectivity index is 1.46. The molecule has 0 aliphatic carbocycles. The van der Waals surface area contributed by atoms with Gasteiger partial charge in [0.25, 0.3) is 5.91 Å². The van der Waals surface area contributed by atoms with Gasteiger partial charge in [-0.25, -0.2) is 4.79 Å². The maximum absolute atomic E-state index is 13.6. The lowest BCUT2D eigenvalue weighted by molar-refractivity contribution is -0.168. The second-order valence-corrected chi connectivity index (χ2v) is 11.2. The van der Waals surface area contributed by atoms with E-state index in [1.807, 2.05) is 45.9 Å². The maximum atomic E-state index is 13.6. The van der Waals surface area contributed by atoms with Crippen LogP contribution in [-0.4, -0.2) is 77.8 Å². The predicted molar refractivity (Wildman–Crippen MR) is 148 cm³/mol. The van der Waals surface area contributed by atoms with E-state index in [-0.39, 0.29) is 30.8 Å². The molecule has 2 fully saturated rings. The Morgan fingerprint density at radius 1 is 1.13 bits per heavy atom. The summed E-state index contributed by atoms with van der Waals surface area (Å²) >= 11 is 6.15. The van der Waals surface area contributed by atoms with Crippen molar-refractivity contribution in [2.24, 2.45) is 0 Å². The lowest BCUT2D eigenvalue weighted by Gasteiger charge is -2.40. The summed E-state index contributed by atoms with van der Waals surface area (Å²) in [5.74, 6) is 0.0948. The molecule has 39 heavy (non-hydrogen) atoms. The summed E-state index contributed by atoms with van der Waals surface area (Å²) in [6.45, 7) is 8.86. The highest BCUT2D eigenvalue weighted by molar-refractivity contribution is 6.30. The van der Waals surface area contributed by atoms with Gasteiger partial charge in [0.1, 0.15) is 17.5 Å². The molecule has 2 aliphatic heterocycles. The van der Waals surface area contributed by atoms with Crippen LogP contribution in [-0.2, 0) is 25.5 Å². The highest BCUT2D eigenvalue weighted by Gasteiger charge is 2.49. The third kappa shape index (κ3) is 7.64. The fraction of sp³-hybridized carbons (Fsp3) is 0.483. The van der Waals surface area contributed by atoms with E-state index in [1.165, 1.54) is 0 Å². The van der Waals surface area contributed by atoms with Crippen LogP contribution in [0.4, 0.5) is 10.5 Å². The number of amides is 3. The molecule has 210 valence electrons. The van der Waals surface area contributed by atoms with Crippen LogP contribution in [0, 0.1) is 0 Å². The van der Waals surface area contributed by atoms with Gasteiger partial charge in [0.05, 0.1) is 31.7 Å². The van der Waals surface area contributed by atoms with Crippen molar-refractivity contribution in [2.75, 3.05) is 31.6 Å². The number of carbonyl (C=O) groups excluding carboxylic acids is 3.